The molecule has 0 radical (unpaired) electrons. The van der Waals surface area contributed by atoms with E-state index in [-0.39, 0.29) is 17.7 Å². The van der Waals surface area contributed by atoms with Crippen LogP contribution in [0, 0.1) is 11.7 Å². The number of aliphatic carboxylic acids is 1. The molecule has 0 fully saturated rings. The number of hydrogen-bond acceptors (Lipinski definition) is 1. The summed E-state index contributed by atoms with van der Waals surface area (Å²) in [6.07, 6.45) is 0. The first-order valence-electron chi connectivity index (χ1n) is 5.86. The molecular weight excluding hydrogens is 219 g/mol. The highest BCUT2D eigenvalue weighted by molar-refractivity contribution is 5.77. The molecule has 0 aliphatic heterocycles. The van der Waals surface area contributed by atoms with Gasteiger partial charge >= 0.3 is 5.97 Å². The van der Waals surface area contributed by atoms with Crippen LogP contribution in [0.15, 0.2) is 18.2 Å². The van der Waals surface area contributed by atoms with Gasteiger partial charge < -0.3 is 5.11 Å². The Morgan fingerprint density at radius 3 is 2.18 bits per heavy atom. The van der Waals surface area contributed by atoms with Crippen LogP contribution in [-0.4, -0.2) is 11.1 Å². The zero-order chi connectivity index (χ0) is 13.2. The lowest BCUT2D eigenvalue weighted by Crippen LogP contribution is -2.19. The second-order valence-electron chi connectivity index (χ2n) is 4.99. The van der Waals surface area contributed by atoms with E-state index in [1.807, 2.05) is 27.7 Å². The first-order valence-corrected chi connectivity index (χ1v) is 5.86. The van der Waals surface area contributed by atoms with Gasteiger partial charge in [0.25, 0.3) is 0 Å². The van der Waals surface area contributed by atoms with Crippen molar-refractivity contribution in [1.29, 1.82) is 0 Å². The Balaban J connectivity index is 3.34. The fraction of sp³-hybridized carbons (Fsp3) is 0.500. The third-order valence-electron chi connectivity index (χ3n) is 2.94. The van der Waals surface area contributed by atoms with E-state index in [1.54, 1.807) is 6.07 Å². The monoisotopic (exact) mass is 238 g/mol. The van der Waals surface area contributed by atoms with Gasteiger partial charge in [-0.15, -0.1) is 0 Å². The number of carboxylic acids is 1. The smallest absolute Gasteiger partial charge is 0.311 e. The lowest BCUT2D eigenvalue weighted by atomic mass is 9.83. The van der Waals surface area contributed by atoms with E-state index in [9.17, 15) is 14.3 Å². The Hall–Kier alpha value is -1.38. The topological polar surface area (TPSA) is 37.3 Å². The van der Waals surface area contributed by atoms with E-state index in [2.05, 4.69) is 0 Å². The normalized spacial score (nSPS) is 13.1. The molecule has 0 heterocycles. The van der Waals surface area contributed by atoms with Crippen LogP contribution in [0.25, 0.3) is 0 Å². The molecule has 1 N–H and O–H groups in total. The van der Waals surface area contributed by atoms with E-state index in [1.165, 1.54) is 12.1 Å². The van der Waals surface area contributed by atoms with Gasteiger partial charge in [-0.05, 0) is 35.1 Å². The summed E-state index contributed by atoms with van der Waals surface area (Å²) >= 11 is 0. The van der Waals surface area contributed by atoms with Crippen molar-refractivity contribution in [2.24, 2.45) is 5.92 Å². The van der Waals surface area contributed by atoms with Crippen molar-refractivity contribution in [2.45, 2.75) is 39.5 Å². The quantitative estimate of drug-likeness (QED) is 0.866. The molecule has 1 aromatic carbocycles. The maximum absolute atomic E-state index is 13.3. The van der Waals surface area contributed by atoms with Crippen LogP contribution >= 0.6 is 0 Å². The molecule has 3 heteroatoms. The van der Waals surface area contributed by atoms with Gasteiger partial charge in [-0.3, -0.25) is 4.79 Å². The number of carboxylic acid groups (broad SMARTS) is 1. The van der Waals surface area contributed by atoms with E-state index >= 15 is 0 Å². The standard InChI is InChI=1S/C14H19FO2/c1-8(2)11-6-5-10(15)7-12(11)13(9(3)4)14(16)17/h5-9,13H,1-4H3,(H,16,17). The van der Waals surface area contributed by atoms with Crippen LogP contribution in [-0.2, 0) is 4.79 Å². The number of carbonyl (C=O) groups is 1. The Morgan fingerprint density at radius 2 is 1.76 bits per heavy atom. The van der Waals surface area contributed by atoms with Crippen LogP contribution in [0.1, 0.15) is 50.7 Å². The Labute approximate surface area is 101 Å². The molecule has 0 bridgehead atoms. The summed E-state index contributed by atoms with van der Waals surface area (Å²) in [5, 5.41) is 9.27. The van der Waals surface area contributed by atoms with Crippen LogP contribution in [0.3, 0.4) is 0 Å². The van der Waals surface area contributed by atoms with Gasteiger partial charge in [0.2, 0.25) is 0 Å². The van der Waals surface area contributed by atoms with Crippen LogP contribution in [0.5, 0.6) is 0 Å². The molecule has 0 saturated heterocycles. The van der Waals surface area contributed by atoms with Crippen LogP contribution in [0.4, 0.5) is 4.39 Å². The van der Waals surface area contributed by atoms with Gasteiger partial charge in [-0.1, -0.05) is 33.8 Å². The molecule has 0 aliphatic rings. The van der Waals surface area contributed by atoms with E-state index < -0.39 is 11.9 Å². The lowest BCUT2D eigenvalue weighted by Gasteiger charge is -2.21. The zero-order valence-electron chi connectivity index (χ0n) is 10.7. The van der Waals surface area contributed by atoms with Crippen molar-refractivity contribution >= 4 is 5.97 Å². The largest absolute Gasteiger partial charge is 0.481 e. The summed E-state index contributed by atoms with van der Waals surface area (Å²) < 4.78 is 13.3. The highest BCUT2D eigenvalue weighted by Gasteiger charge is 2.27. The van der Waals surface area contributed by atoms with Crippen molar-refractivity contribution in [3.05, 3.63) is 35.1 Å². The van der Waals surface area contributed by atoms with Crippen molar-refractivity contribution in [2.75, 3.05) is 0 Å². The summed E-state index contributed by atoms with van der Waals surface area (Å²) in [5.41, 5.74) is 1.51. The van der Waals surface area contributed by atoms with Crippen molar-refractivity contribution < 1.29 is 14.3 Å². The van der Waals surface area contributed by atoms with Gasteiger partial charge in [-0.25, -0.2) is 4.39 Å². The third kappa shape index (κ3) is 3.05. The second kappa shape index (κ2) is 5.30. The molecule has 0 aromatic heterocycles. The van der Waals surface area contributed by atoms with Gasteiger partial charge in [0.05, 0.1) is 5.92 Å². The summed E-state index contributed by atoms with van der Waals surface area (Å²) in [6.45, 7) is 7.65. The summed E-state index contributed by atoms with van der Waals surface area (Å²) in [4.78, 5) is 11.3. The zero-order valence-corrected chi connectivity index (χ0v) is 10.7. The molecule has 1 aromatic rings. The summed E-state index contributed by atoms with van der Waals surface area (Å²) in [7, 11) is 0. The van der Waals surface area contributed by atoms with Crippen molar-refractivity contribution in [1.82, 2.24) is 0 Å². The molecule has 0 saturated carbocycles. The lowest BCUT2D eigenvalue weighted by molar-refractivity contribution is -0.139. The van der Waals surface area contributed by atoms with E-state index in [0.29, 0.717) is 5.56 Å². The molecule has 1 atom stereocenters. The predicted molar refractivity (Wildman–Crippen MR) is 65.7 cm³/mol. The minimum absolute atomic E-state index is 0.0631. The molecule has 2 nitrogen and oxygen atoms in total. The molecule has 17 heavy (non-hydrogen) atoms. The van der Waals surface area contributed by atoms with Crippen LogP contribution < -0.4 is 0 Å². The van der Waals surface area contributed by atoms with E-state index in [4.69, 9.17) is 0 Å². The Morgan fingerprint density at radius 1 is 1.18 bits per heavy atom. The molecular formula is C14H19FO2. The average molecular weight is 238 g/mol. The second-order valence-corrected chi connectivity index (χ2v) is 4.99. The average Bonchev–Trinajstić information content (AvgIpc) is 2.15. The highest BCUT2D eigenvalue weighted by atomic mass is 19.1. The van der Waals surface area contributed by atoms with E-state index in [0.717, 1.165) is 5.56 Å². The van der Waals surface area contributed by atoms with Crippen molar-refractivity contribution in [3.8, 4) is 0 Å². The maximum Gasteiger partial charge on any atom is 0.311 e. The molecule has 94 valence electrons. The Bertz CT molecular complexity index is 411. The minimum atomic E-state index is -0.896. The number of rotatable bonds is 4. The first-order chi connectivity index (χ1) is 7.84. The molecule has 0 spiro atoms. The predicted octanol–water partition coefficient (Wildman–Crippen LogP) is 3.77. The minimum Gasteiger partial charge on any atom is -0.481 e. The number of benzene rings is 1. The molecule has 0 aliphatic carbocycles. The summed E-state index contributed by atoms with van der Waals surface area (Å²) in [6, 6.07) is 4.43. The Kier molecular flexibility index (Phi) is 4.27. The molecule has 1 unspecified atom stereocenters. The maximum atomic E-state index is 13.3. The highest BCUT2D eigenvalue weighted by Crippen LogP contribution is 2.32. The molecule has 0 amide bonds. The fourth-order valence-electron chi connectivity index (χ4n) is 2.12. The fourth-order valence-corrected chi connectivity index (χ4v) is 2.12. The van der Waals surface area contributed by atoms with Gasteiger partial charge in [-0.2, -0.15) is 0 Å². The van der Waals surface area contributed by atoms with Gasteiger partial charge in [0.1, 0.15) is 5.82 Å². The van der Waals surface area contributed by atoms with Crippen molar-refractivity contribution in [3.63, 3.8) is 0 Å². The summed E-state index contributed by atoms with van der Waals surface area (Å²) in [5.74, 6) is -1.80. The molecule has 1 rings (SSSR count). The van der Waals surface area contributed by atoms with Gasteiger partial charge in [0, 0.05) is 0 Å². The first kappa shape index (κ1) is 13.7. The van der Waals surface area contributed by atoms with Crippen LogP contribution in [0.2, 0.25) is 0 Å². The SMILES string of the molecule is CC(C)c1ccc(F)cc1C(C(=O)O)C(C)C. The van der Waals surface area contributed by atoms with Gasteiger partial charge in [0.15, 0.2) is 0 Å². The number of hydrogen-bond donors (Lipinski definition) is 1. The number of halogens is 1. The third-order valence-corrected chi connectivity index (χ3v) is 2.94.